The molecule has 2 atom stereocenters. The topological polar surface area (TPSA) is 60.4 Å². The highest BCUT2D eigenvalue weighted by molar-refractivity contribution is 14.1. The van der Waals surface area contributed by atoms with Crippen LogP contribution in [0.3, 0.4) is 0 Å². The zero-order chi connectivity index (χ0) is 15.9. The van der Waals surface area contributed by atoms with Crippen molar-refractivity contribution in [3.05, 3.63) is 27.8 Å². The number of hydrogen-bond acceptors (Lipinski definition) is 5. The summed E-state index contributed by atoms with van der Waals surface area (Å²) in [6.45, 7) is 4.92. The molecule has 22 heavy (non-hydrogen) atoms. The van der Waals surface area contributed by atoms with Crippen LogP contribution in [-0.4, -0.2) is 37.3 Å². The second-order valence-electron chi connectivity index (χ2n) is 4.92. The monoisotopic (exact) mass is 417 g/mol. The van der Waals surface area contributed by atoms with Gasteiger partial charge in [0.15, 0.2) is 12.2 Å². The molecule has 0 spiro atoms. The standard InChI is InChI=1S/C16H20INO4/c1-3-9-20-15(18-12-7-5-11(17)6-8-12)13-14(22-13)16(19)21-10-4-2/h5-8,13-14H,3-4,9-10H2,1-2H3. The van der Waals surface area contributed by atoms with Crippen molar-refractivity contribution in [1.82, 2.24) is 0 Å². The molecule has 120 valence electrons. The minimum atomic E-state index is -0.592. The van der Waals surface area contributed by atoms with Crippen LogP contribution in [0.2, 0.25) is 0 Å². The van der Waals surface area contributed by atoms with Crippen molar-refractivity contribution in [2.24, 2.45) is 4.99 Å². The second-order valence-corrected chi connectivity index (χ2v) is 6.17. The highest BCUT2D eigenvalue weighted by atomic mass is 127. The van der Waals surface area contributed by atoms with E-state index in [1.807, 2.05) is 38.1 Å². The molecular formula is C16H20INO4. The number of carbonyl (C=O) groups is 1. The average molecular weight is 417 g/mol. The van der Waals surface area contributed by atoms with Gasteiger partial charge in [0.25, 0.3) is 0 Å². The van der Waals surface area contributed by atoms with E-state index >= 15 is 0 Å². The molecule has 1 heterocycles. The van der Waals surface area contributed by atoms with E-state index in [-0.39, 0.29) is 5.97 Å². The molecule has 2 unspecified atom stereocenters. The molecule has 1 aliphatic rings. The van der Waals surface area contributed by atoms with Gasteiger partial charge in [-0.25, -0.2) is 9.79 Å². The fourth-order valence-corrected chi connectivity index (χ4v) is 2.15. The van der Waals surface area contributed by atoms with E-state index in [4.69, 9.17) is 14.2 Å². The Hall–Kier alpha value is -1.15. The van der Waals surface area contributed by atoms with Gasteiger partial charge in [0, 0.05) is 3.57 Å². The zero-order valence-corrected chi connectivity index (χ0v) is 14.9. The van der Waals surface area contributed by atoms with Crippen LogP contribution in [-0.2, 0) is 19.0 Å². The lowest BCUT2D eigenvalue weighted by Gasteiger charge is -2.06. The molecule has 0 bridgehead atoms. The summed E-state index contributed by atoms with van der Waals surface area (Å²) in [4.78, 5) is 16.3. The summed E-state index contributed by atoms with van der Waals surface area (Å²) in [5, 5.41) is 0. The zero-order valence-electron chi connectivity index (χ0n) is 12.8. The number of esters is 1. The van der Waals surface area contributed by atoms with Gasteiger partial charge in [0.1, 0.15) is 0 Å². The number of ether oxygens (including phenoxy) is 3. The van der Waals surface area contributed by atoms with Gasteiger partial charge in [0.05, 0.1) is 18.9 Å². The van der Waals surface area contributed by atoms with Crippen LogP contribution in [0.4, 0.5) is 5.69 Å². The van der Waals surface area contributed by atoms with Crippen LogP contribution in [0.5, 0.6) is 0 Å². The molecular weight excluding hydrogens is 397 g/mol. The molecule has 0 aliphatic carbocycles. The Morgan fingerprint density at radius 3 is 2.41 bits per heavy atom. The van der Waals surface area contributed by atoms with Crippen LogP contribution in [0.1, 0.15) is 26.7 Å². The normalized spacial score (nSPS) is 20.6. The Balaban J connectivity index is 2.04. The van der Waals surface area contributed by atoms with Crippen LogP contribution in [0.25, 0.3) is 0 Å². The number of aliphatic imine (C=N–C) groups is 1. The summed E-state index contributed by atoms with van der Waals surface area (Å²) in [5.74, 6) is 0.101. The Kier molecular flexibility index (Phi) is 6.63. The Bertz CT molecular complexity index is 529. The lowest BCUT2D eigenvalue weighted by atomic mass is 10.3. The molecule has 0 aromatic heterocycles. The molecule has 1 fully saturated rings. The number of epoxide rings is 1. The number of hydrogen-bond donors (Lipinski definition) is 0. The SMILES string of the molecule is CCCOC(=O)C1OC1C(=Nc1ccc(I)cc1)OCCC. The van der Waals surface area contributed by atoms with E-state index in [9.17, 15) is 4.79 Å². The van der Waals surface area contributed by atoms with Gasteiger partial charge in [-0.3, -0.25) is 0 Å². The van der Waals surface area contributed by atoms with Crippen LogP contribution in [0.15, 0.2) is 29.3 Å². The van der Waals surface area contributed by atoms with Gasteiger partial charge in [-0.15, -0.1) is 0 Å². The predicted molar refractivity (Wildman–Crippen MR) is 92.4 cm³/mol. The number of nitrogens with zero attached hydrogens (tertiary/aromatic N) is 1. The highest BCUT2D eigenvalue weighted by Gasteiger charge is 2.51. The third kappa shape index (κ3) is 4.95. The van der Waals surface area contributed by atoms with E-state index in [1.165, 1.54) is 0 Å². The van der Waals surface area contributed by atoms with Gasteiger partial charge in [-0.2, -0.15) is 0 Å². The van der Waals surface area contributed by atoms with E-state index < -0.39 is 12.2 Å². The molecule has 0 amide bonds. The molecule has 1 saturated heterocycles. The summed E-state index contributed by atoms with van der Waals surface area (Å²) >= 11 is 2.24. The first-order chi connectivity index (χ1) is 10.7. The van der Waals surface area contributed by atoms with Crippen LogP contribution in [0, 0.1) is 3.57 Å². The molecule has 6 heteroatoms. The van der Waals surface area contributed by atoms with Crippen molar-refractivity contribution >= 4 is 40.1 Å². The van der Waals surface area contributed by atoms with Gasteiger partial charge in [0.2, 0.25) is 5.90 Å². The van der Waals surface area contributed by atoms with E-state index in [0.717, 1.165) is 22.1 Å². The number of rotatable bonds is 7. The predicted octanol–water partition coefficient (Wildman–Crippen LogP) is 3.47. The number of halogens is 1. The largest absolute Gasteiger partial charge is 0.479 e. The molecule has 1 aromatic rings. The van der Waals surface area contributed by atoms with Crippen molar-refractivity contribution < 1.29 is 19.0 Å². The minimum Gasteiger partial charge on any atom is -0.479 e. The van der Waals surface area contributed by atoms with E-state index in [2.05, 4.69) is 27.6 Å². The van der Waals surface area contributed by atoms with Gasteiger partial charge in [-0.1, -0.05) is 13.8 Å². The van der Waals surface area contributed by atoms with Crippen molar-refractivity contribution in [3.8, 4) is 0 Å². The highest BCUT2D eigenvalue weighted by Crippen LogP contribution is 2.28. The van der Waals surface area contributed by atoms with E-state index in [1.54, 1.807) is 0 Å². The van der Waals surface area contributed by atoms with Crippen molar-refractivity contribution in [1.29, 1.82) is 0 Å². The first-order valence-corrected chi connectivity index (χ1v) is 8.52. The van der Waals surface area contributed by atoms with Crippen molar-refractivity contribution in [2.75, 3.05) is 13.2 Å². The van der Waals surface area contributed by atoms with Crippen LogP contribution < -0.4 is 0 Å². The molecule has 0 N–H and O–H groups in total. The van der Waals surface area contributed by atoms with Crippen LogP contribution >= 0.6 is 22.6 Å². The Labute approximate surface area is 144 Å². The maximum atomic E-state index is 11.8. The molecule has 1 aliphatic heterocycles. The quantitative estimate of drug-likeness (QED) is 0.224. The summed E-state index contributed by atoms with van der Waals surface area (Å²) < 4.78 is 17.3. The van der Waals surface area contributed by atoms with E-state index in [0.29, 0.717) is 19.1 Å². The van der Waals surface area contributed by atoms with Gasteiger partial charge >= 0.3 is 5.97 Å². The summed E-state index contributed by atoms with van der Waals surface area (Å²) in [7, 11) is 0. The third-order valence-electron chi connectivity index (χ3n) is 2.94. The summed E-state index contributed by atoms with van der Waals surface area (Å²) in [6.07, 6.45) is 0.629. The molecule has 0 saturated carbocycles. The molecule has 2 rings (SSSR count). The third-order valence-corrected chi connectivity index (χ3v) is 3.65. The Morgan fingerprint density at radius 2 is 1.77 bits per heavy atom. The van der Waals surface area contributed by atoms with Crippen molar-refractivity contribution in [2.45, 2.75) is 38.9 Å². The minimum absolute atomic E-state index is 0.345. The van der Waals surface area contributed by atoms with Gasteiger partial charge < -0.3 is 14.2 Å². The fourth-order valence-electron chi connectivity index (χ4n) is 1.79. The van der Waals surface area contributed by atoms with Crippen molar-refractivity contribution in [3.63, 3.8) is 0 Å². The smallest absolute Gasteiger partial charge is 0.338 e. The lowest BCUT2D eigenvalue weighted by molar-refractivity contribution is -0.145. The maximum Gasteiger partial charge on any atom is 0.338 e. The molecule has 0 radical (unpaired) electrons. The first-order valence-electron chi connectivity index (χ1n) is 7.44. The fraction of sp³-hybridized carbons (Fsp3) is 0.500. The number of carbonyl (C=O) groups excluding carboxylic acids is 1. The maximum absolute atomic E-state index is 11.8. The average Bonchev–Trinajstić information content (AvgIpc) is 3.31. The Morgan fingerprint density at radius 1 is 1.14 bits per heavy atom. The summed E-state index contributed by atoms with van der Waals surface area (Å²) in [5.41, 5.74) is 0.780. The second kappa shape index (κ2) is 8.47. The number of benzene rings is 1. The summed E-state index contributed by atoms with van der Waals surface area (Å²) in [6, 6.07) is 7.75. The molecule has 5 nitrogen and oxygen atoms in total. The first kappa shape index (κ1) is 17.2. The molecule has 1 aromatic carbocycles. The lowest BCUT2D eigenvalue weighted by Crippen LogP contribution is -2.21. The van der Waals surface area contributed by atoms with Gasteiger partial charge in [-0.05, 0) is 59.7 Å².